The van der Waals surface area contributed by atoms with Gasteiger partial charge in [-0.3, -0.25) is 19.6 Å². The molecule has 15 heteroatoms. The maximum atomic E-state index is 13.2. The first-order valence-corrected chi connectivity index (χ1v) is 21.9. The molecule has 13 nitrogen and oxygen atoms in total. The van der Waals surface area contributed by atoms with Crippen LogP contribution in [0.4, 0.5) is 4.79 Å². The van der Waals surface area contributed by atoms with Gasteiger partial charge in [-0.2, -0.15) is 5.10 Å². The zero-order chi connectivity index (χ0) is 45.6. The molecule has 0 spiro atoms. The van der Waals surface area contributed by atoms with Crippen LogP contribution in [0.5, 0.6) is 0 Å². The lowest BCUT2D eigenvalue weighted by atomic mass is 9.92. The van der Waals surface area contributed by atoms with Crippen molar-refractivity contribution < 1.29 is 19.1 Å². The van der Waals surface area contributed by atoms with Crippen molar-refractivity contribution in [1.29, 1.82) is 0 Å². The molecule has 2 aliphatic heterocycles. The Hall–Kier alpha value is -6.80. The molecule has 2 N–H and O–H groups in total. The topological polar surface area (TPSA) is 148 Å². The SMILES string of the molecule is C.C.C.CC(=O)OCc1ccccc1.Cc1nc2cc([C@@H]3Cc4ccccc4CN3)[nH]n2c(=O)c1C.Cc1nc2cc([C@@H]3Cc4ccccc4CN3C(=O)OCc3ccccc3)nn2c(Cl)c1C.Cl. The summed E-state index contributed by atoms with van der Waals surface area (Å²) in [5.74, 6) is -0.242. The van der Waals surface area contributed by atoms with E-state index in [-0.39, 0.29) is 71.0 Å². The highest BCUT2D eigenvalue weighted by molar-refractivity contribution is 6.30. The van der Waals surface area contributed by atoms with Gasteiger partial charge >= 0.3 is 12.1 Å². The van der Waals surface area contributed by atoms with E-state index in [1.165, 1.54) is 23.6 Å². The van der Waals surface area contributed by atoms with E-state index in [1.54, 1.807) is 13.9 Å². The second kappa shape index (κ2) is 24.5. The number of rotatable bonds is 6. The number of carbonyl (C=O) groups is 2. The van der Waals surface area contributed by atoms with Crippen LogP contribution in [0, 0.1) is 27.7 Å². The predicted molar refractivity (Wildman–Crippen MR) is 277 cm³/mol. The van der Waals surface area contributed by atoms with Crippen molar-refractivity contribution in [1.82, 2.24) is 39.4 Å². The zero-order valence-electron chi connectivity index (χ0n) is 37.5. The third-order valence-corrected chi connectivity index (χ3v) is 12.3. The molecule has 0 bridgehead atoms. The molecule has 0 unspecified atom stereocenters. The lowest BCUT2D eigenvalue weighted by molar-refractivity contribution is -0.142. The highest BCUT2D eigenvalue weighted by Gasteiger charge is 2.34. The molecule has 2 atom stereocenters. The van der Waals surface area contributed by atoms with Crippen LogP contribution in [0.3, 0.4) is 0 Å². The normalized spacial score (nSPS) is 14.3. The van der Waals surface area contributed by atoms with E-state index in [1.807, 2.05) is 113 Å². The summed E-state index contributed by atoms with van der Waals surface area (Å²) in [6.07, 6.45) is 1.20. The third kappa shape index (κ3) is 12.7. The fourth-order valence-electron chi connectivity index (χ4n) is 7.97. The number of amides is 1. The molecule has 0 saturated carbocycles. The Morgan fingerprint density at radius 2 is 1.23 bits per heavy atom. The number of benzene rings is 4. The first-order valence-electron chi connectivity index (χ1n) is 21.6. The smallest absolute Gasteiger partial charge is 0.410 e. The van der Waals surface area contributed by atoms with Crippen LogP contribution in [-0.2, 0) is 53.4 Å². The number of hydrogen-bond donors (Lipinski definition) is 2. The molecule has 1 amide bonds. The standard InChI is InChI=1S/C25H23ClN4O2.C17H18N4O.C9H10O2.3CH4.ClH/c1-16-17(2)27-23-13-21(28-30(23)24(16)26)22-12-19-10-6-7-11-20(19)14-29(22)25(31)32-15-18-8-4-3-5-9-18;1-10-11(2)19-16-8-15(20-21(16)17(10)22)14-7-12-5-3-4-6-13(12)9-18-14;1-8(10)11-7-9-5-3-2-4-6-9;;;;/h3-11,13,22H,12,14-15H2,1-2H3;3-6,8,14,18,20H,7,9H2,1-2H3;2-6H,7H2,1H3;3*1H4;1H/t22-;14-;;;;;/m00...../s1. The number of aromatic amines is 1. The van der Waals surface area contributed by atoms with Crippen LogP contribution in [0.1, 0.15) is 109 Å². The second-order valence-corrected chi connectivity index (χ2v) is 16.7. The van der Waals surface area contributed by atoms with E-state index in [9.17, 15) is 14.4 Å². The number of nitrogens with one attached hydrogen (secondary N) is 2. The molecule has 69 heavy (non-hydrogen) atoms. The minimum absolute atomic E-state index is 0. The number of carbonyl (C=O) groups excluding carboxylic acids is 2. The fraction of sp³-hybridized carbons (Fsp3) is 0.296. The van der Waals surface area contributed by atoms with Gasteiger partial charge < -0.3 is 14.8 Å². The number of fused-ring (bicyclic) bond motifs is 4. The molecule has 8 aromatic rings. The average molecular weight is 976 g/mol. The largest absolute Gasteiger partial charge is 0.461 e. The van der Waals surface area contributed by atoms with E-state index < -0.39 is 0 Å². The summed E-state index contributed by atoms with van der Waals surface area (Å²) < 4.78 is 13.7. The van der Waals surface area contributed by atoms with Gasteiger partial charge in [0.05, 0.1) is 23.5 Å². The van der Waals surface area contributed by atoms with Crippen LogP contribution in [0.2, 0.25) is 5.15 Å². The highest BCUT2D eigenvalue weighted by Crippen LogP contribution is 2.34. The van der Waals surface area contributed by atoms with Gasteiger partial charge in [-0.1, -0.05) is 143 Å². The predicted octanol–water partition coefficient (Wildman–Crippen LogP) is 11.5. The van der Waals surface area contributed by atoms with Gasteiger partial charge in [0, 0.05) is 54.7 Å². The van der Waals surface area contributed by atoms with E-state index in [0.29, 0.717) is 41.6 Å². The molecule has 0 radical (unpaired) electrons. The quantitative estimate of drug-likeness (QED) is 0.123. The summed E-state index contributed by atoms with van der Waals surface area (Å²) >= 11 is 6.54. The molecule has 4 aromatic carbocycles. The summed E-state index contributed by atoms with van der Waals surface area (Å²) in [4.78, 5) is 46.8. The highest BCUT2D eigenvalue weighted by atomic mass is 35.5. The molecular weight excluding hydrogens is 912 g/mol. The Kier molecular flexibility index (Phi) is 19.4. The van der Waals surface area contributed by atoms with Crippen LogP contribution in [-0.4, -0.2) is 46.2 Å². The monoisotopic (exact) mass is 974 g/mol. The van der Waals surface area contributed by atoms with Crippen molar-refractivity contribution in [3.8, 4) is 0 Å². The summed E-state index contributed by atoms with van der Waals surface area (Å²) in [7, 11) is 0. The van der Waals surface area contributed by atoms with Crippen molar-refractivity contribution in [2.45, 2.75) is 108 Å². The van der Waals surface area contributed by atoms with Crippen molar-refractivity contribution >= 4 is 47.4 Å². The second-order valence-electron chi connectivity index (χ2n) is 16.3. The van der Waals surface area contributed by atoms with Gasteiger partial charge in [-0.25, -0.2) is 23.8 Å². The van der Waals surface area contributed by atoms with Gasteiger partial charge in [0.25, 0.3) is 5.56 Å². The molecule has 6 heterocycles. The molecule has 0 saturated heterocycles. The molecule has 2 aliphatic rings. The number of halogens is 2. The van der Waals surface area contributed by atoms with Gasteiger partial charge in [-0.15, -0.1) is 12.4 Å². The first-order chi connectivity index (χ1) is 31.4. The Balaban J connectivity index is 0.000000244. The Morgan fingerprint density at radius 1 is 0.696 bits per heavy atom. The fourth-order valence-corrected chi connectivity index (χ4v) is 8.23. The van der Waals surface area contributed by atoms with Crippen molar-refractivity contribution in [2.24, 2.45) is 0 Å². The summed E-state index contributed by atoms with van der Waals surface area (Å²) in [5.41, 5.74) is 13.3. The lowest BCUT2D eigenvalue weighted by Gasteiger charge is -2.35. The lowest BCUT2D eigenvalue weighted by Crippen LogP contribution is -2.39. The molecule has 364 valence electrons. The molecule has 4 aromatic heterocycles. The van der Waals surface area contributed by atoms with E-state index in [2.05, 4.69) is 56.8 Å². The third-order valence-electron chi connectivity index (χ3n) is 11.9. The number of H-pyrrole nitrogens is 1. The minimum atomic E-state index is -0.364. The number of aryl methyl sites for hydroxylation is 2. The van der Waals surface area contributed by atoms with Gasteiger partial charge in [-0.05, 0) is 73.9 Å². The van der Waals surface area contributed by atoms with Gasteiger partial charge in [0.1, 0.15) is 18.4 Å². The maximum absolute atomic E-state index is 13.2. The molecule has 0 aliphatic carbocycles. The Morgan fingerprint density at radius 3 is 1.86 bits per heavy atom. The Bertz CT molecular complexity index is 3040. The zero-order valence-corrected chi connectivity index (χ0v) is 39.0. The van der Waals surface area contributed by atoms with Gasteiger partial charge in [0.2, 0.25) is 0 Å². The van der Waals surface area contributed by atoms with E-state index in [4.69, 9.17) is 26.2 Å². The minimum Gasteiger partial charge on any atom is -0.461 e. The number of nitrogens with zero attached hydrogens (tertiary/aromatic N) is 6. The van der Waals surface area contributed by atoms with Crippen molar-refractivity contribution in [3.05, 3.63) is 204 Å². The molecule has 0 fully saturated rings. The van der Waals surface area contributed by atoms with Crippen molar-refractivity contribution in [3.63, 3.8) is 0 Å². The summed E-state index contributed by atoms with van der Waals surface area (Å²) in [5, 5.41) is 12.0. The number of esters is 1. The van der Waals surface area contributed by atoms with Crippen LogP contribution in [0.15, 0.2) is 126 Å². The van der Waals surface area contributed by atoms with E-state index >= 15 is 0 Å². The number of ether oxygens (including phenoxy) is 2. The average Bonchev–Trinajstić information content (AvgIpc) is 3.97. The van der Waals surface area contributed by atoms with E-state index in [0.717, 1.165) is 58.0 Å². The molecule has 10 rings (SSSR count). The van der Waals surface area contributed by atoms with Crippen LogP contribution in [0.25, 0.3) is 11.3 Å². The number of aromatic nitrogens is 6. The van der Waals surface area contributed by atoms with Gasteiger partial charge in [0.15, 0.2) is 11.3 Å². The summed E-state index contributed by atoms with van der Waals surface area (Å²) in [6, 6.07) is 39.7. The van der Waals surface area contributed by atoms with Crippen LogP contribution >= 0.6 is 24.0 Å². The van der Waals surface area contributed by atoms with Crippen molar-refractivity contribution in [2.75, 3.05) is 0 Å². The summed E-state index contributed by atoms with van der Waals surface area (Å²) in [6.45, 7) is 10.8. The number of hydrogen-bond acceptors (Lipinski definition) is 9. The Labute approximate surface area is 416 Å². The molecular formula is C54H64Cl2N8O5. The maximum Gasteiger partial charge on any atom is 0.410 e. The first kappa shape index (κ1) is 54.8. The van der Waals surface area contributed by atoms with Crippen LogP contribution < -0.4 is 10.9 Å².